The standard InChI is InChI=1S/C10H13FO3.C6H2F4O/c1-12-7-4-9(13-2)8(6-11)10(5-7)14-3;7-4-1-3(11-10)2-5(8)6(4)9/h4-5H,6H2,1-3H3;1-2H. The van der Waals surface area contributed by atoms with Gasteiger partial charge in [-0.2, -0.15) is 0 Å². The molecule has 0 aliphatic heterocycles. The molecule has 138 valence electrons. The second-order valence-corrected chi connectivity index (χ2v) is 4.42. The Hall–Kier alpha value is -2.71. The number of ether oxygens (including phenoxy) is 3. The van der Waals surface area contributed by atoms with Crippen molar-refractivity contribution in [2.24, 2.45) is 0 Å². The first kappa shape index (κ1) is 20.3. The molecule has 0 aliphatic rings. The van der Waals surface area contributed by atoms with Gasteiger partial charge in [0.15, 0.2) is 23.2 Å². The van der Waals surface area contributed by atoms with Crippen molar-refractivity contribution in [1.29, 1.82) is 0 Å². The highest BCUT2D eigenvalue weighted by Gasteiger charge is 2.12. The summed E-state index contributed by atoms with van der Waals surface area (Å²) in [5, 5.41) is 0. The zero-order valence-corrected chi connectivity index (χ0v) is 13.5. The fourth-order valence-corrected chi connectivity index (χ4v) is 1.79. The Bertz CT molecular complexity index is 661. The van der Waals surface area contributed by atoms with E-state index in [1.165, 1.54) is 21.3 Å². The molecule has 0 N–H and O–H groups in total. The molecule has 0 atom stereocenters. The zero-order valence-electron chi connectivity index (χ0n) is 13.5. The number of halogens is 5. The van der Waals surface area contributed by atoms with Gasteiger partial charge in [-0.15, -0.1) is 0 Å². The number of hydrogen-bond acceptors (Lipinski definition) is 4. The number of alkyl halides is 1. The van der Waals surface area contributed by atoms with Crippen LogP contribution in [0.15, 0.2) is 24.3 Å². The lowest BCUT2D eigenvalue weighted by Gasteiger charge is -2.12. The van der Waals surface area contributed by atoms with Gasteiger partial charge in [0.1, 0.15) is 23.9 Å². The van der Waals surface area contributed by atoms with E-state index in [9.17, 15) is 22.1 Å². The van der Waals surface area contributed by atoms with E-state index >= 15 is 0 Å². The third-order valence-electron chi connectivity index (χ3n) is 3.00. The van der Waals surface area contributed by atoms with Crippen LogP contribution >= 0.6 is 0 Å². The second-order valence-electron chi connectivity index (χ2n) is 4.42. The van der Waals surface area contributed by atoms with Gasteiger partial charge in [-0.25, -0.2) is 17.6 Å². The summed E-state index contributed by atoms with van der Waals surface area (Å²) in [5.74, 6) is -3.88. The van der Waals surface area contributed by atoms with Gasteiger partial charge in [0.05, 0.1) is 26.9 Å². The number of benzene rings is 2. The maximum Gasteiger partial charge on any atom is 0.194 e. The molecule has 0 amide bonds. The zero-order chi connectivity index (χ0) is 19.0. The van der Waals surface area contributed by atoms with E-state index in [0.717, 1.165) is 0 Å². The molecule has 0 saturated heterocycles. The van der Waals surface area contributed by atoms with Gasteiger partial charge in [0.2, 0.25) is 0 Å². The van der Waals surface area contributed by atoms with Crippen LogP contribution in [0.1, 0.15) is 5.56 Å². The van der Waals surface area contributed by atoms with Crippen molar-refractivity contribution in [3.05, 3.63) is 47.3 Å². The van der Waals surface area contributed by atoms with Gasteiger partial charge in [0, 0.05) is 28.8 Å². The molecule has 2 aromatic rings. The number of hydrogen-bond donors (Lipinski definition) is 0. The number of rotatable bonds is 5. The van der Waals surface area contributed by atoms with Crippen LogP contribution in [-0.2, 0) is 6.67 Å². The highest BCUT2D eigenvalue weighted by molar-refractivity contribution is 5.50. The van der Waals surface area contributed by atoms with Crippen molar-refractivity contribution >= 4 is 0 Å². The monoisotopic (exact) mass is 366 g/mol. The molecular formula is C16H15F5O4. The highest BCUT2D eigenvalue weighted by Crippen LogP contribution is 2.34. The first-order valence-electron chi connectivity index (χ1n) is 6.69. The summed E-state index contributed by atoms with van der Waals surface area (Å²) in [6.45, 7) is -0.629. The Morgan fingerprint density at radius 1 is 0.760 bits per heavy atom. The van der Waals surface area contributed by atoms with Crippen LogP contribution in [0.25, 0.3) is 0 Å². The van der Waals surface area contributed by atoms with E-state index in [4.69, 9.17) is 14.2 Å². The van der Waals surface area contributed by atoms with Gasteiger partial charge >= 0.3 is 0 Å². The third kappa shape index (κ3) is 5.13. The van der Waals surface area contributed by atoms with Crippen LogP contribution in [0.4, 0.5) is 22.1 Å². The summed E-state index contributed by atoms with van der Waals surface area (Å²) in [4.78, 5) is 2.98. The van der Waals surface area contributed by atoms with Gasteiger partial charge in [0.25, 0.3) is 0 Å². The molecule has 0 aromatic heterocycles. The topological polar surface area (TPSA) is 36.9 Å². The van der Waals surface area contributed by atoms with Crippen LogP contribution in [0.5, 0.6) is 23.0 Å². The quantitative estimate of drug-likeness (QED) is 0.575. The van der Waals surface area contributed by atoms with Crippen LogP contribution in [0, 0.1) is 17.5 Å². The highest BCUT2D eigenvalue weighted by atomic mass is 19.3. The maximum absolute atomic E-state index is 12.7. The summed E-state index contributed by atoms with van der Waals surface area (Å²) in [6, 6.07) is 4.05. The smallest absolute Gasteiger partial charge is 0.194 e. The fourth-order valence-electron chi connectivity index (χ4n) is 1.79. The van der Waals surface area contributed by atoms with Crippen molar-refractivity contribution in [3.63, 3.8) is 0 Å². The maximum atomic E-state index is 12.7. The molecule has 0 heterocycles. The Balaban J connectivity index is 0.000000257. The van der Waals surface area contributed by atoms with Gasteiger partial charge in [-0.1, -0.05) is 0 Å². The van der Waals surface area contributed by atoms with Crippen LogP contribution in [0.3, 0.4) is 0 Å². The van der Waals surface area contributed by atoms with E-state index in [0.29, 0.717) is 34.9 Å². The summed E-state index contributed by atoms with van der Waals surface area (Å²) >= 11 is 0. The minimum absolute atomic E-state index is 0.399. The fraction of sp³-hybridized carbons (Fsp3) is 0.250. The molecule has 2 aromatic carbocycles. The second kappa shape index (κ2) is 9.55. The van der Waals surface area contributed by atoms with E-state index in [2.05, 4.69) is 4.94 Å². The normalized spacial score (nSPS) is 9.76. The Labute approximate surface area is 140 Å². The van der Waals surface area contributed by atoms with Crippen molar-refractivity contribution < 1.29 is 41.2 Å². The first-order valence-corrected chi connectivity index (χ1v) is 6.69. The van der Waals surface area contributed by atoms with E-state index in [1.807, 2.05) is 0 Å². The van der Waals surface area contributed by atoms with Crippen LogP contribution < -0.4 is 19.2 Å². The van der Waals surface area contributed by atoms with Gasteiger partial charge in [-0.3, -0.25) is 4.94 Å². The Kier molecular flexibility index (Phi) is 7.77. The first-order chi connectivity index (χ1) is 11.9. The Morgan fingerprint density at radius 2 is 1.24 bits per heavy atom. The SMILES string of the molecule is COc1cc(OC)c(CF)c(OC)c1.FOc1cc(F)c(F)c(F)c1. The summed E-state index contributed by atoms with van der Waals surface area (Å²) in [7, 11) is 4.49. The molecule has 0 fully saturated rings. The van der Waals surface area contributed by atoms with Crippen molar-refractivity contribution in [2.75, 3.05) is 21.3 Å². The lowest BCUT2D eigenvalue weighted by Crippen LogP contribution is -1.96. The van der Waals surface area contributed by atoms with Crippen LogP contribution in [-0.4, -0.2) is 21.3 Å². The van der Waals surface area contributed by atoms with Crippen molar-refractivity contribution in [2.45, 2.75) is 6.67 Å². The molecular weight excluding hydrogens is 351 g/mol. The molecule has 9 heteroatoms. The molecule has 0 saturated carbocycles. The minimum atomic E-state index is -1.65. The molecule has 0 bridgehead atoms. The summed E-state index contributed by atoms with van der Waals surface area (Å²) in [5.41, 5.74) is 0.399. The summed E-state index contributed by atoms with van der Waals surface area (Å²) in [6.07, 6.45) is 0. The van der Waals surface area contributed by atoms with Gasteiger partial charge in [-0.05, 0) is 0 Å². The molecule has 0 spiro atoms. The molecule has 4 nitrogen and oxygen atoms in total. The lowest BCUT2D eigenvalue weighted by atomic mass is 10.2. The molecule has 25 heavy (non-hydrogen) atoms. The van der Waals surface area contributed by atoms with E-state index in [1.54, 1.807) is 12.1 Å². The Morgan fingerprint density at radius 3 is 1.56 bits per heavy atom. The van der Waals surface area contributed by atoms with Gasteiger partial charge < -0.3 is 14.2 Å². The summed E-state index contributed by atoms with van der Waals surface area (Å²) < 4.78 is 75.4. The molecule has 2 rings (SSSR count). The van der Waals surface area contributed by atoms with E-state index < -0.39 is 29.9 Å². The molecule has 0 aliphatic carbocycles. The van der Waals surface area contributed by atoms with Crippen molar-refractivity contribution in [3.8, 4) is 23.0 Å². The largest absolute Gasteiger partial charge is 0.496 e. The average molecular weight is 366 g/mol. The lowest BCUT2D eigenvalue weighted by molar-refractivity contribution is -0.00711. The molecule has 0 radical (unpaired) electrons. The predicted octanol–water partition coefficient (Wildman–Crippen LogP) is 4.55. The average Bonchev–Trinajstić information content (AvgIpc) is 2.64. The predicted molar refractivity (Wildman–Crippen MR) is 79.0 cm³/mol. The molecule has 0 unspecified atom stereocenters. The van der Waals surface area contributed by atoms with E-state index in [-0.39, 0.29) is 0 Å². The van der Waals surface area contributed by atoms with Crippen LogP contribution in [0.2, 0.25) is 0 Å². The number of methoxy groups -OCH3 is 3. The minimum Gasteiger partial charge on any atom is -0.496 e. The van der Waals surface area contributed by atoms with Crippen molar-refractivity contribution in [1.82, 2.24) is 0 Å². The third-order valence-corrected chi connectivity index (χ3v) is 3.00.